The third kappa shape index (κ3) is 5.99. The molecule has 0 atom stereocenters. The zero-order valence-electron chi connectivity index (χ0n) is 19.7. The van der Waals surface area contributed by atoms with Gasteiger partial charge in [-0.1, -0.05) is 44.2 Å². The monoisotopic (exact) mass is 521 g/mol. The van der Waals surface area contributed by atoms with Gasteiger partial charge in [-0.15, -0.1) is 0 Å². The smallest absolute Gasteiger partial charge is 0.416 e. The van der Waals surface area contributed by atoms with Gasteiger partial charge in [-0.25, -0.2) is 13.2 Å². The van der Waals surface area contributed by atoms with Crippen molar-refractivity contribution in [1.82, 2.24) is 0 Å². The van der Waals surface area contributed by atoms with Gasteiger partial charge in [-0.05, 0) is 60.9 Å². The fourth-order valence-electron chi connectivity index (χ4n) is 3.74. The molecule has 36 heavy (non-hydrogen) atoms. The summed E-state index contributed by atoms with van der Waals surface area (Å²) in [5.74, 6) is -1.37. The van der Waals surface area contributed by atoms with Gasteiger partial charge in [0.15, 0.2) is 0 Å². The van der Waals surface area contributed by atoms with Crippen LogP contribution in [-0.4, -0.2) is 25.5 Å². The van der Waals surface area contributed by atoms with E-state index >= 15 is 0 Å². The topological polar surface area (TPSA) is 83.9 Å². The minimum Gasteiger partial charge on any atom is -0.487 e. The SMILES string of the molecule is CCC(CC)N(c1ccc(C(F)(F)F)cc1OCc1ccc(C(=O)O)cc1)S(=O)(=O)c1ccccc1. The number of rotatable bonds is 10. The van der Waals surface area contributed by atoms with Crippen LogP contribution in [0.4, 0.5) is 18.9 Å². The maximum absolute atomic E-state index is 13.7. The van der Waals surface area contributed by atoms with Gasteiger partial charge < -0.3 is 9.84 Å². The Labute approximate surface area is 208 Å². The van der Waals surface area contributed by atoms with E-state index in [1.54, 1.807) is 32.0 Å². The van der Waals surface area contributed by atoms with E-state index in [0.717, 1.165) is 22.5 Å². The summed E-state index contributed by atoms with van der Waals surface area (Å²) >= 11 is 0. The zero-order chi connectivity index (χ0) is 26.5. The summed E-state index contributed by atoms with van der Waals surface area (Å²) in [7, 11) is -4.14. The van der Waals surface area contributed by atoms with Crippen LogP contribution in [0.15, 0.2) is 77.7 Å². The molecule has 0 bridgehead atoms. The lowest BCUT2D eigenvalue weighted by Gasteiger charge is -2.33. The van der Waals surface area contributed by atoms with Crippen LogP contribution in [0.25, 0.3) is 0 Å². The number of carbonyl (C=O) groups is 1. The first-order chi connectivity index (χ1) is 17.0. The van der Waals surface area contributed by atoms with E-state index in [-0.39, 0.29) is 28.5 Å². The molecule has 0 aromatic heterocycles. The second-order valence-electron chi connectivity index (χ2n) is 8.06. The molecule has 192 valence electrons. The molecule has 0 unspecified atom stereocenters. The lowest BCUT2D eigenvalue weighted by atomic mass is 10.1. The summed E-state index contributed by atoms with van der Waals surface area (Å²) in [5.41, 5.74) is -0.442. The van der Waals surface area contributed by atoms with Crippen LogP contribution in [0, 0.1) is 0 Å². The second kappa shape index (κ2) is 11.0. The van der Waals surface area contributed by atoms with Gasteiger partial charge in [0.1, 0.15) is 12.4 Å². The molecule has 0 spiro atoms. The number of aromatic carboxylic acids is 1. The van der Waals surface area contributed by atoms with E-state index < -0.39 is 33.8 Å². The third-order valence-electron chi connectivity index (χ3n) is 5.69. The Morgan fingerprint density at radius 3 is 2.11 bits per heavy atom. The Hall–Kier alpha value is -3.53. The van der Waals surface area contributed by atoms with Crippen molar-refractivity contribution in [2.45, 2.75) is 50.4 Å². The number of carboxylic acid groups (broad SMARTS) is 1. The van der Waals surface area contributed by atoms with E-state index in [4.69, 9.17) is 9.84 Å². The number of halogens is 3. The largest absolute Gasteiger partial charge is 0.487 e. The molecule has 3 aromatic carbocycles. The number of anilines is 1. The van der Waals surface area contributed by atoms with E-state index in [9.17, 15) is 26.4 Å². The summed E-state index contributed by atoms with van der Waals surface area (Å²) in [5, 5.41) is 9.06. The highest BCUT2D eigenvalue weighted by Crippen LogP contribution is 2.40. The molecule has 3 aromatic rings. The number of alkyl halides is 3. The first-order valence-electron chi connectivity index (χ1n) is 11.2. The van der Waals surface area contributed by atoms with Gasteiger partial charge in [0.2, 0.25) is 0 Å². The fourth-order valence-corrected chi connectivity index (χ4v) is 5.57. The molecule has 0 saturated heterocycles. The number of nitrogens with zero attached hydrogens (tertiary/aromatic N) is 1. The van der Waals surface area contributed by atoms with Crippen molar-refractivity contribution in [2.24, 2.45) is 0 Å². The molecule has 0 amide bonds. The molecule has 0 heterocycles. The number of sulfonamides is 1. The molecule has 1 N–H and O–H groups in total. The lowest BCUT2D eigenvalue weighted by Crippen LogP contribution is -2.40. The second-order valence-corrected chi connectivity index (χ2v) is 9.87. The summed E-state index contributed by atoms with van der Waals surface area (Å²) in [6.07, 6.45) is -3.84. The molecule has 0 aliphatic carbocycles. The molecular formula is C26H26F3NO5S. The van der Waals surface area contributed by atoms with Crippen LogP contribution in [0.1, 0.15) is 48.2 Å². The first kappa shape index (κ1) is 27.1. The summed E-state index contributed by atoms with van der Waals surface area (Å²) in [6.45, 7) is 3.41. The Morgan fingerprint density at radius 1 is 0.972 bits per heavy atom. The van der Waals surface area contributed by atoms with Crippen LogP contribution in [0.2, 0.25) is 0 Å². The number of benzene rings is 3. The van der Waals surface area contributed by atoms with Crippen molar-refractivity contribution in [2.75, 3.05) is 4.31 Å². The average molecular weight is 522 g/mol. The Balaban J connectivity index is 2.11. The summed E-state index contributed by atoms with van der Waals surface area (Å²) in [4.78, 5) is 11.1. The van der Waals surface area contributed by atoms with Crippen molar-refractivity contribution >= 4 is 21.7 Å². The highest BCUT2D eigenvalue weighted by atomic mass is 32.2. The standard InChI is InChI=1S/C26H26F3NO5S/c1-3-21(4-2)30(36(33,34)22-8-6-5-7-9-22)23-15-14-20(26(27,28)29)16-24(23)35-17-18-10-12-19(13-11-18)25(31)32/h5-16,21H,3-4,17H2,1-2H3,(H,31,32). The van der Waals surface area contributed by atoms with E-state index in [0.29, 0.717) is 18.4 Å². The number of hydrogen-bond donors (Lipinski definition) is 1. The number of carboxylic acids is 1. The highest BCUT2D eigenvalue weighted by molar-refractivity contribution is 7.92. The van der Waals surface area contributed by atoms with Gasteiger partial charge in [0, 0.05) is 6.04 Å². The van der Waals surface area contributed by atoms with E-state index in [2.05, 4.69) is 0 Å². The quantitative estimate of drug-likeness (QED) is 0.335. The van der Waals surface area contributed by atoms with E-state index in [1.807, 2.05) is 0 Å². The molecular weight excluding hydrogens is 495 g/mol. The maximum atomic E-state index is 13.7. The highest BCUT2D eigenvalue weighted by Gasteiger charge is 2.35. The number of hydrogen-bond acceptors (Lipinski definition) is 4. The van der Waals surface area contributed by atoms with Crippen LogP contribution in [0.3, 0.4) is 0 Å². The van der Waals surface area contributed by atoms with Crippen molar-refractivity contribution in [3.05, 3.63) is 89.5 Å². The lowest BCUT2D eigenvalue weighted by molar-refractivity contribution is -0.137. The molecule has 0 fully saturated rings. The Morgan fingerprint density at radius 2 is 1.58 bits per heavy atom. The van der Waals surface area contributed by atoms with Gasteiger partial charge in [0.25, 0.3) is 10.0 Å². The van der Waals surface area contributed by atoms with Crippen molar-refractivity contribution in [3.8, 4) is 5.75 Å². The normalized spacial score (nSPS) is 11.9. The summed E-state index contributed by atoms with van der Waals surface area (Å²) in [6, 6.07) is 15.5. The molecule has 0 radical (unpaired) electrons. The predicted molar refractivity (Wildman–Crippen MR) is 130 cm³/mol. The third-order valence-corrected chi connectivity index (χ3v) is 7.57. The van der Waals surface area contributed by atoms with Crippen molar-refractivity contribution in [3.63, 3.8) is 0 Å². The summed E-state index contributed by atoms with van der Waals surface area (Å²) < 4.78 is 74.9. The van der Waals surface area contributed by atoms with Crippen LogP contribution >= 0.6 is 0 Å². The van der Waals surface area contributed by atoms with Crippen molar-refractivity contribution in [1.29, 1.82) is 0 Å². The van der Waals surface area contributed by atoms with Gasteiger partial charge in [-0.2, -0.15) is 13.2 Å². The average Bonchev–Trinajstić information content (AvgIpc) is 2.86. The molecule has 3 rings (SSSR count). The van der Waals surface area contributed by atoms with Gasteiger partial charge >= 0.3 is 12.1 Å². The van der Waals surface area contributed by atoms with Gasteiger partial charge in [0.05, 0.1) is 21.7 Å². The first-order valence-corrected chi connectivity index (χ1v) is 12.7. The van der Waals surface area contributed by atoms with Crippen molar-refractivity contribution < 1.29 is 36.2 Å². The predicted octanol–water partition coefficient (Wildman–Crippen LogP) is 6.37. The minimum atomic E-state index is -4.67. The fraction of sp³-hybridized carbons (Fsp3) is 0.269. The zero-order valence-corrected chi connectivity index (χ0v) is 20.5. The molecule has 0 saturated carbocycles. The van der Waals surface area contributed by atoms with Gasteiger partial charge in [-0.3, -0.25) is 4.31 Å². The maximum Gasteiger partial charge on any atom is 0.416 e. The van der Waals surface area contributed by atoms with Crippen LogP contribution in [0.5, 0.6) is 5.75 Å². The molecule has 10 heteroatoms. The number of ether oxygens (including phenoxy) is 1. The molecule has 0 aliphatic heterocycles. The Kier molecular flexibility index (Phi) is 8.29. The Bertz CT molecular complexity index is 1290. The minimum absolute atomic E-state index is 0.00649. The van der Waals surface area contributed by atoms with Crippen LogP contribution in [-0.2, 0) is 22.8 Å². The molecule has 6 nitrogen and oxygen atoms in total. The molecule has 0 aliphatic rings. The van der Waals surface area contributed by atoms with Crippen LogP contribution < -0.4 is 9.04 Å². The van der Waals surface area contributed by atoms with E-state index in [1.165, 1.54) is 36.4 Å².